The standard InChI is InChI=1S/C13H17NO5S/c1-3-9-7-14(2)11-6-10(4-5-12(11)19-9)20(17,18)8-13(15)16/h4-6,9H,3,7-8H2,1-2H3,(H,15,16). The van der Waals surface area contributed by atoms with Gasteiger partial charge in [-0.25, -0.2) is 8.42 Å². The summed E-state index contributed by atoms with van der Waals surface area (Å²) in [6.07, 6.45) is 0.942. The molecule has 1 atom stereocenters. The molecule has 110 valence electrons. The molecule has 1 aliphatic heterocycles. The molecule has 1 aromatic carbocycles. The van der Waals surface area contributed by atoms with Crippen LogP contribution >= 0.6 is 0 Å². The summed E-state index contributed by atoms with van der Waals surface area (Å²) in [5.41, 5.74) is 0.668. The highest BCUT2D eigenvalue weighted by Crippen LogP contribution is 2.35. The molecule has 1 aromatic rings. The molecule has 0 aliphatic carbocycles. The van der Waals surface area contributed by atoms with Crippen molar-refractivity contribution in [2.45, 2.75) is 24.3 Å². The summed E-state index contributed by atoms with van der Waals surface area (Å²) in [6, 6.07) is 4.45. The number of carbonyl (C=O) groups is 1. The zero-order valence-electron chi connectivity index (χ0n) is 11.4. The third-order valence-electron chi connectivity index (χ3n) is 3.24. The molecule has 1 aliphatic rings. The Morgan fingerprint density at radius 3 is 2.80 bits per heavy atom. The Bertz CT molecular complexity index is 626. The number of nitrogens with zero attached hydrogens (tertiary/aromatic N) is 1. The lowest BCUT2D eigenvalue weighted by Gasteiger charge is -2.33. The highest BCUT2D eigenvalue weighted by Gasteiger charge is 2.26. The third-order valence-corrected chi connectivity index (χ3v) is 4.84. The van der Waals surface area contributed by atoms with Gasteiger partial charge in [0.25, 0.3) is 0 Å². The Balaban J connectivity index is 2.38. The summed E-state index contributed by atoms with van der Waals surface area (Å²) in [6.45, 7) is 2.70. The molecule has 0 bridgehead atoms. The number of rotatable bonds is 4. The number of aliphatic carboxylic acids is 1. The van der Waals surface area contributed by atoms with Crippen molar-refractivity contribution in [3.63, 3.8) is 0 Å². The molecule has 0 spiro atoms. The number of carboxylic acid groups (broad SMARTS) is 1. The molecule has 2 rings (SSSR count). The molecule has 0 saturated heterocycles. The van der Waals surface area contributed by atoms with E-state index in [4.69, 9.17) is 9.84 Å². The lowest BCUT2D eigenvalue weighted by atomic mass is 10.2. The first-order chi connectivity index (χ1) is 9.33. The Morgan fingerprint density at radius 2 is 2.20 bits per heavy atom. The lowest BCUT2D eigenvalue weighted by molar-refractivity contribution is -0.134. The molecule has 7 heteroatoms. The van der Waals surface area contributed by atoms with Gasteiger partial charge in [0.2, 0.25) is 0 Å². The van der Waals surface area contributed by atoms with Gasteiger partial charge in [-0.1, -0.05) is 6.92 Å². The third kappa shape index (κ3) is 2.87. The smallest absolute Gasteiger partial charge is 0.319 e. The molecule has 0 fully saturated rings. The molecule has 1 unspecified atom stereocenters. The topological polar surface area (TPSA) is 83.9 Å². The number of benzene rings is 1. The minimum Gasteiger partial charge on any atom is -0.486 e. The average molecular weight is 299 g/mol. The van der Waals surface area contributed by atoms with Crippen LogP contribution in [0.5, 0.6) is 5.75 Å². The fraction of sp³-hybridized carbons (Fsp3) is 0.462. The molecule has 1 heterocycles. The molecule has 0 radical (unpaired) electrons. The summed E-state index contributed by atoms with van der Waals surface area (Å²) in [5, 5.41) is 8.65. The lowest BCUT2D eigenvalue weighted by Crippen LogP contribution is -2.37. The molecule has 0 amide bonds. The molecular formula is C13H17NO5S. The highest BCUT2D eigenvalue weighted by molar-refractivity contribution is 7.92. The van der Waals surface area contributed by atoms with Crippen LogP contribution in [0.3, 0.4) is 0 Å². The largest absolute Gasteiger partial charge is 0.486 e. The van der Waals surface area contributed by atoms with Gasteiger partial charge >= 0.3 is 5.97 Å². The SMILES string of the molecule is CCC1CN(C)c2cc(S(=O)(=O)CC(=O)O)ccc2O1. The first-order valence-corrected chi connectivity index (χ1v) is 7.95. The van der Waals surface area contributed by atoms with Crippen LogP contribution < -0.4 is 9.64 Å². The first-order valence-electron chi connectivity index (χ1n) is 6.30. The zero-order chi connectivity index (χ0) is 14.9. The van der Waals surface area contributed by atoms with E-state index in [2.05, 4.69) is 0 Å². The van der Waals surface area contributed by atoms with Crippen LogP contribution in [0.15, 0.2) is 23.1 Å². The number of hydrogen-bond acceptors (Lipinski definition) is 5. The second-order valence-corrected chi connectivity index (χ2v) is 6.80. The quantitative estimate of drug-likeness (QED) is 0.898. The number of fused-ring (bicyclic) bond motifs is 1. The number of sulfone groups is 1. The molecule has 0 saturated carbocycles. The molecule has 1 N–H and O–H groups in total. The molecular weight excluding hydrogens is 282 g/mol. The maximum atomic E-state index is 11.9. The molecule has 0 aromatic heterocycles. The summed E-state index contributed by atoms with van der Waals surface area (Å²) < 4.78 is 29.6. The van der Waals surface area contributed by atoms with Crippen molar-refractivity contribution in [2.24, 2.45) is 0 Å². The molecule has 20 heavy (non-hydrogen) atoms. The van der Waals surface area contributed by atoms with Crippen molar-refractivity contribution in [1.82, 2.24) is 0 Å². The van der Waals surface area contributed by atoms with E-state index in [1.165, 1.54) is 12.1 Å². The van der Waals surface area contributed by atoms with Crippen LogP contribution in [0.2, 0.25) is 0 Å². The van der Waals surface area contributed by atoms with Gasteiger partial charge in [-0.3, -0.25) is 4.79 Å². The van der Waals surface area contributed by atoms with Crippen molar-refractivity contribution >= 4 is 21.5 Å². The predicted octanol–water partition coefficient (Wildman–Crippen LogP) is 1.15. The van der Waals surface area contributed by atoms with Gasteiger partial charge in [0.05, 0.1) is 17.1 Å². The van der Waals surface area contributed by atoms with Gasteiger partial charge in [-0.2, -0.15) is 0 Å². The Kier molecular flexibility index (Phi) is 3.89. The second kappa shape index (κ2) is 5.32. The summed E-state index contributed by atoms with van der Waals surface area (Å²) in [4.78, 5) is 12.5. The van der Waals surface area contributed by atoms with Crippen molar-refractivity contribution in [3.8, 4) is 5.75 Å². The normalized spacial score (nSPS) is 18.3. The van der Waals surface area contributed by atoms with E-state index >= 15 is 0 Å². The van der Waals surface area contributed by atoms with E-state index in [9.17, 15) is 13.2 Å². The van der Waals surface area contributed by atoms with Gasteiger partial charge in [0.1, 0.15) is 11.9 Å². The predicted molar refractivity (Wildman–Crippen MR) is 74.1 cm³/mol. The Labute approximate surface area is 117 Å². The van der Waals surface area contributed by atoms with Gasteiger partial charge in [0.15, 0.2) is 15.6 Å². The van der Waals surface area contributed by atoms with E-state index in [1.807, 2.05) is 18.9 Å². The summed E-state index contributed by atoms with van der Waals surface area (Å²) in [5.74, 6) is -1.65. The van der Waals surface area contributed by atoms with E-state index in [-0.39, 0.29) is 11.0 Å². The number of ether oxygens (including phenoxy) is 1. The van der Waals surface area contributed by atoms with E-state index < -0.39 is 21.6 Å². The number of likely N-dealkylation sites (N-methyl/N-ethyl adjacent to an activating group) is 1. The van der Waals surface area contributed by atoms with Crippen LogP contribution in [0.25, 0.3) is 0 Å². The van der Waals surface area contributed by atoms with Gasteiger partial charge < -0.3 is 14.7 Å². The maximum Gasteiger partial charge on any atom is 0.319 e. The number of anilines is 1. The summed E-state index contributed by atoms with van der Waals surface area (Å²) in [7, 11) is -1.96. The Hall–Kier alpha value is -1.76. The average Bonchev–Trinajstić information content (AvgIpc) is 2.36. The maximum absolute atomic E-state index is 11.9. The number of carboxylic acids is 1. The molecule has 6 nitrogen and oxygen atoms in total. The van der Waals surface area contributed by atoms with Crippen LogP contribution in [0, 0.1) is 0 Å². The first kappa shape index (κ1) is 14.6. The fourth-order valence-electron chi connectivity index (χ4n) is 2.17. The van der Waals surface area contributed by atoms with Crippen LogP contribution in [0.4, 0.5) is 5.69 Å². The van der Waals surface area contributed by atoms with Crippen LogP contribution in [0.1, 0.15) is 13.3 Å². The van der Waals surface area contributed by atoms with Crippen molar-refractivity contribution < 1.29 is 23.1 Å². The van der Waals surface area contributed by atoms with Crippen LogP contribution in [-0.2, 0) is 14.6 Å². The minimum absolute atomic E-state index is 0.00375. The van der Waals surface area contributed by atoms with Crippen LogP contribution in [-0.4, -0.2) is 44.9 Å². The Morgan fingerprint density at radius 1 is 1.50 bits per heavy atom. The zero-order valence-corrected chi connectivity index (χ0v) is 12.2. The monoisotopic (exact) mass is 299 g/mol. The summed E-state index contributed by atoms with van der Waals surface area (Å²) >= 11 is 0. The fourth-order valence-corrected chi connectivity index (χ4v) is 3.23. The van der Waals surface area contributed by atoms with Crippen molar-refractivity contribution in [2.75, 3.05) is 24.2 Å². The van der Waals surface area contributed by atoms with Crippen molar-refractivity contribution in [1.29, 1.82) is 0 Å². The van der Waals surface area contributed by atoms with E-state index in [1.54, 1.807) is 6.07 Å². The van der Waals surface area contributed by atoms with E-state index in [0.717, 1.165) is 6.42 Å². The van der Waals surface area contributed by atoms with Crippen molar-refractivity contribution in [3.05, 3.63) is 18.2 Å². The minimum atomic E-state index is -3.82. The van der Waals surface area contributed by atoms with E-state index in [0.29, 0.717) is 18.0 Å². The van der Waals surface area contributed by atoms with Gasteiger partial charge in [-0.15, -0.1) is 0 Å². The number of hydrogen-bond donors (Lipinski definition) is 1. The van der Waals surface area contributed by atoms with Gasteiger partial charge in [0, 0.05) is 7.05 Å². The second-order valence-electron chi connectivity index (χ2n) is 4.81. The van der Waals surface area contributed by atoms with Gasteiger partial charge in [-0.05, 0) is 24.6 Å². The highest BCUT2D eigenvalue weighted by atomic mass is 32.2.